The lowest BCUT2D eigenvalue weighted by atomic mass is 10.1. The third-order valence-electron chi connectivity index (χ3n) is 3.39. The maximum atomic E-state index is 12.1. The van der Waals surface area contributed by atoms with E-state index < -0.39 is 5.60 Å². The predicted molar refractivity (Wildman–Crippen MR) is 91.4 cm³/mol. The minimum absolute atomic E-state index is 0.130. The predicted octanol–water partition coefficient (Wildman–Crippen LogP) is 2.10. The van der Waals surface area contributed by atoms with Crippen molar-refractivity contribution in [3.63, 3.8) is 0 Å². The number of aliphatic hydroxyl groups is 1. The van der Waals surface area contributed by atoms with Crippen LogP contribution in [0.1, 0.15) is 26.3 Å². The summed E-state index contributed by atoms with van der Waals surface area (Å²) in [7, 11) is 4.02. The Morgan fingerprint density at radius 1 is 1.23 bits per heavy atom. The van der Waals surface area contributed by atoms with E-state index in [1.165, 1.54) is 5.56 Å². The molecule has 124 valence electrons. The maximum absolute atomic E-state index is 12.1. The number of hydrogen-bond acceptors (Lipinski definition) is 3. The van der Waals surface area contributed by atoms with Gasteiger partial charge in [-0.1, -0.05) is 12.1 Å². The fraction of sp³-hybridized carbons (Fsp3) is 0.588. The summed E-state index contributed by atoms with van der Waals surface area (Å²) in [6.07, 6.45) is 0.791. The lowest BCUT2D eigenvalue weighted by molar-refractivity contribution is 0.0480. The molecule has 0 saturated carbocycles. The van der Waals surface area contributed by atoms with Gasteiger partial charge < -0.3 is 20.2 Å². The number of nitrogens with one attached hydrogen (secondary N) is 1. The number of benzene rings is 1. The fourth-order valence-corrected chi connectivity index (χ4v) is 2.18. The molecule has 5 nitrogen and oxygen atoms in total. The van der Waals surface area contributed by atoms with E-state index in [2.05, 4.69) is 34.5 Å². The molecule has 0 heterocycles. The molecule has 22 heavy (non-hydrogen) atoms. The first kappa shape index (κ1) is 18.3. The van der Waals surface area contributed by atoms with E-state index in [1.807, 2.05) is 21.0 Å². The third kappa shape index (κ3) is 6.35. The van der Waals surface area contributed by atoms with Crippen LogP contribution in [0.2, 0.25) is 0 Å². The van der Waals surface area contributed by atoms with Gasteiger partial charge in [-0.2, -0.15) is 0 Å². The highest BCUT2D eigenvalue weighted by Crippen LogP contribution is 2.12. The zero-order valence-electron chi connectivity index (χ0n) is 14.4. The van der Waals surface area contributed by atoms with Crippen LogP contribution in [0.15, 0.2) is 24.3 Å². The first-order valence-electron chi connectivity index (χ1n) is 7.74. The van der Waals surface area contributed by atoms with Crippen LogP contribution in [0.4, 0.5) is 10.5 Å². The summed E-state index contributed by atoms with van der Waals surface area (Å²) < 4.78 is 0. The van der Waals surface area contributed by atoms with Crippen molar-refractivity contribution < 1.29 is 9.90 Å². The van der Waals surface area contributed by atoms with Crippen LogP contribution >= 0.6 is 0 Å². The highest BCUT2D eigenvalue weighted by Gasteiger charge is 2.20. The van der Waals surface area contributed by atoms with E-state index >= 15 is 0 Å². The lowest BCUT2D eigenvalue weighted by Crippen LogP contribution is -2.47. The minimum Gasteiger partial charge on any atom is -0.389 e. The number of nitrogens with zero attached hydrogens (tertiary/aromatic N) is 2. The van der Waals surface area contributed by atoms with Gasteiger partial charge in [0.1, 0.15) is 0 Å². The molecule has 0 bridgehead atoms. The molecular formula is C17H29N3O2. The Morgan fingerprint density at radius 3 is 2.27 bits per heavy atom. The summed E-state index contributed by atoms with van der Waals surface area (Å²) in [5.74, 6) is 0. The van der Waals surface area contributed by atoms with Gasteiger partial charge in [-0.3, -0.25) is 0 Å². The van der Waals surface area contributed by atoms with Crippen molar-refractivity contribution in [1.82, 2.24) is 10.2 Å². The number of amides is 2. The first-order chi connectivity index (χ1) is 10.2. The van der Waals surface area contributed by atoms with Crippen LogP contribution in [0.3, 0.4) is 0 Å². The molecule has 0 aliphatic carbocycles. The number of carbonyl (C=O) groups is 1. The molecule has 1 rings (SSSR count). The van der Waals surface area contributed by atoms with Crippen LogP contribution in [-0.4, -0.2) is 55.4 Å². The van der Waals surface area contributed by atoms with Gasteiger partial charge in [-0.25, -0.2) is 4.79 Å². The van der Waals surface area contributed by atoms with Crippen molar-refractivity contribution in [1.29, 1.82) is 0 Å². The Balaban J connectivity index is 2.43. The molecule has 2 amide bonds. The van der Waals surface area contributed by atoms with Crippen LogP contribution < -0.4 is 10.2 Å². The normalized spacial score (nSPS) is 11.2. The Morgan fingerprint density at radius 2 is 1.82 bits per heavy atom. The Labute approximate surface area is 133 Å². The van der Waals surface area contributed by atoms with Crippen LogP contribution in [0.25, 0.3) is 0 Å². The molecular weight excluding hydrogens is 278 g/mol. The molecule has 0 spiro atoms. The van der Waals surface area contributed by atoms with Crippen molar-refractivity contribution in [3.8, 4) is 0 Å². The zero-order chi connectivity index (χ0) is 16.8. The van der Waals surface area contributed by atoms with Gasteiger partial charge in [0, 0.05) is 32.9 Å². The van der Waals surface area contributed by atoms with Crippen molar-refractivity contribution in [2.75, 3.05) is 38.6 Å². The summed E-state index contributed by atoms with van der Waals surface area (Å²) in [5, 5.41) is 12.7. The summed E-state index contributed by atoms with van der Waals surface area (Å²) in [4.78, 5) is 15.8. The van der Waals surface area contributed by atoms with Crippen LogP contribution in [-0.2, 0) is 6.42 Å². The molecule has 0 radical (unpaired) electrons. The van der Waals surface area contributed by atoms with E-state index in [1.54, 1.807) is 18.7 Å². The van der Waals surface area contributed by atoms with Crippen molar-refractivity contribution in [2.45, 2.75) is 32.8 Å². The molecule has 0 aromatic heterocycles. The molecule has 2 N–H and O–H groups in total. The van der Waals surface area contributed by atoms with Crippen molar-refractivity contribution >= 4 is 11.7 Å². The SMILES string of the molecule is CCN(CC(C)(C)O)C(=O)NCCc1ccc(N(C)C)cc1. The summed E-state index contributed by atoms with van der Waals surface area (Å²) in [6, 6.07) is 8.17. The number of carbonyl (C=O) groups excluding carboxylic acids is 1. The molecule has 0 unspecified atom stereocenters. The van der Waals surface area contributed by atoms with E-state index in [0.717, 1.165) is 12.1 Å². The van der Waals surface area contributed by atoms with Crippen molar-refractivity contribution in [2.24, 2.45) is 0 Å². The monoisotopic (exact) mass is 307 g/mol. The van der Waals surface area contributed by atoms with Crippen molar-refractivity contribution in [3.05, 3.63) is 29.8 Å². The zero-order valence-corrected chi connectivity index (χ0v) is 14.4. The Bertz CT molecular complexity index is 464. The first-order valence-corrected chi connectivity index (χ1v) is 7.74. The number of anilines is 1. The van der Waals surface area contributed by atoms with Gasteiger partial charge in [-0.15, -0.1) is 0 Å². The second kappa shape index (κ2) is 8.03. The molecule has 0 atom stereocenters. The summed E-state index contributed by atoms with van der Waals surface area (Å²) in [5.41, 5.74) is 1.47. The van der Waals surface area contributed by atoms with E-state index in [4.69, 9.17) is 0 Å². The highest BCUT2D eigenvalue weighted by atomic mass is 16.3. The van der Waals surface area contributed by atoms with Gasteiger partial charge in [0.05, 0.1) is 12.1 Å². The van der Waals surface area contributed by atoms with Crippen LogP contribution in [0, 0.1) is 0 Å². The number of likely N-dealkylation sites (N-methyl/N-ethyl adjacent to an activating group) is 1. The third-order valence-corrected chi connectivity index (χ3v) is 3.39. The fourth-order valence-electron chi connectivity index (χ4n) is 2.18. The molecule has 0 aliphatic heterocycles. The second-order valence-electron chi connectivity index (χ2n) is 6.37. The number of rotatable bonds is 7. The van der Waals surface area contributed by atoms with E-state index in [0.29, 0.717) is 19.6 Å². The summed E-state index contributed by atoms with van der Waals surface area (Å²) in [6.45, 7) is 6.80. The average molecular weight is 307 g/mol. The Hall–Kier alpha value is -1.75. The van der Waals surface area contributed by atoms with Gasteiger partial charge in [0.2, 0.25) is 0 Å². The average Bonchev–Trinajstić information content (AvgIpc) is 2.44. The maximum Gasteiger partial charge on any atom is 0.317 e. The summed E-state index contributed by atoms with van der Waals surface area (Å²) >= 11 is 0. The molecule has 1 aromatic rings. The second-order valence-corrected chi connectivity index (χ2v) is 6.37. The van der Waals surface area contributed by atoms with E-state index in [-0.39, 0.29) is 6.03 Å². The van der Waals surface area contributed by atoms with Gasteiger partial charge in [-0.05, 0) is 44.9 Å². The number of hydrogen-bond donors (Lipinski definition) is 2. The van der Waals surface area contributed by atoms with Gasteiger partial charge in [0.15, 0.2) is 0 Å². The standard InChI is InChI=1S/C17H29N3O2/c1-6-20(13-17(2,3)22)16(21)18-12-11-14-7-9-15(10-8-14)19(4)5/h7-10,22H,6,11-13H2,1-5H3,(H,18,21). The van der Waals surface area contributed by atoms with E-state index in [9.17, 15) is 9.90 Å². The molecule has 0 aliphatic rings. The van der Waals surface area contributed by atoms with Gasteiger partial charge >= 0.3 is 6.03 Å². The quantitative estimate of drug-likeness (QED) is 0.811. The molecule has 0 saturated heterocycles. The molecule has 1 aromatic carbocycles. The smallest absolute Gasteiger partial charge is 0.317 e. The lowest BCUT2D eigenvalue weighted by Gasteiger charge is -2.28. The highest BCUT2D eigenvalue weighted by molar-refractivity contribution is 5.74. The topological polar surface area (TPSA) is 55.8 Å². The molecule has 5 heteroatoms. The largest absolute Gasteiger partial charge is 0.389 e. The van der Waals surface area contributed by atoms with Crippen LogP contribution in [0.5, 0.6) is 0 Å². The minimum atomic E-state index is -0.880. The van der Waals surface area contributed by atoms with Gasteiger partial charge in [0.25, 0.3) is 0 Å². The number of urea groups is 1. The molecule has 0 fully saturated rings. The Kier molecular flexibility index (Phi) is 6.68.